The Hall–Kier alpha value is -2.02. The van der Waals surface area contributed by atoms with Crippen LogP contribution in [-0.2, 0) is 0 Å². The monoisotopic (exact) mass is 227 g/mol. The van der Waals surface area contributed by atoms with E-state index in [1.165, 1.54) is 0 Å². The molecule has 1 aromatic rings. The maximum Gasteiger partial charge on any atom is 0.0384 e. The molecule has 0 aliphatic rings. The Kier molecular flexibility index (Phi) is 9.25. The van der Waals surface area contributed by atoms with Gasteiger partial charge in [-0.25, -0.2) is 0 Å². The Morgan fingerprint density at radius 3 is 2.24 bits per heavy atom. The van der Waals surface area contributed by atoms with Crippen molar-refractivity contribution in [2.45, 2.75) is 13.8 Å². The molecule has 0 aliphatic heterocycles. The molecule has 90 valence electrons. The van der Waals surface area contributed by atoms with Gasteiger partial charge >= 0.3 is 0 Å². The first-order valence-electron chi connectivity index (χ1n) is 5.80. The summed E-state index contributed by atoms with van der Waals surface area (Å²) >= 11 is 0. The summed E-state index contributed by atoms with van der Waals surface area (Å²) in [6, 6.07) is 10.00. The lowest BCUT2D eigenvalue weighted by molar-refractivity contribution is 1.47. The van der Waals surface area contributed by atoms with Crippen LogP contribution in [0.15, 0.2) is 79.6 Å². The van der Waals surface area contributed by atoms with Crippen molar-refractivity contribution in [1.82, 2.24) is 0 Å². The topological polar surface area (TPSA) is 12.0 Å². The van der Waals surface area contributed by atoms with Crippen LogP contribution in [0.3, 0.4) is 0 Å². The van der Waals surface area contributed by atoms with E-state index in [0.717, 1.165) is 11.4 Å². The Morgan fingerprint density at radius 2 is 1.71 bits per heavy atom. The Morgan fingerprint density at radius 1 is 1.06 bits per heavy atom. The summed E-state index contributed by atoms with van der Waals surface area (Å²) in [5.41, 5.74) is 2.04. The number of benzene rings is 1. The molecule has 0 fully saturated rings. The number of rotatable bonds is 5. The van der Waals surface area contributed by atoms with Gasteiger partial charge in [-0.05, 0) is 24.3 Å². The van der Waals surface area contributed by atoms with E-state index in [1.54, 1.807) is 12.2 Å². The summed E-state index contributed by atoms with van der Waals surface area (Å²) < 4.78 is 0. The number of para-hydroxylation sites is 1. The lowest BCUT2D eigenvalue weighted by Crippen LogP contribution is -1.95. The molecule has 0 unspecified atom stereocenters. The molecule has 0 spiro atoms. The molecule has 0 heterocycles. The Labute approximate surface area is 105 Å². The fourth-order valence-electron chi connectivity index (χ4n) is 1.13. The standard InChI is InChI=1S/C14H15N.C2H6/c1-3-5-10-13(9-4-2)15-14-11-7-6-8-12-14;1-2/h3-12,15H,1-2H2;1-2H3/b10-5-,13-9+;. The van der Waals surface area contributed by atoms with Crippen molar-refractivity contribution in [3.63, 3.8) is 0 Å². The fourth-order valence-corrected chi connectivity index (χ4v) is 1.13. The normalized spacial score (nSPS) is 10.4. The number of anilines is 1. The van der Waals surface area contributed by atoms with Crippen molar-refractivity contribution in [3.05, 3.63) is 79.6 Å². The van der Waals surface area contributed by atoms with Gasteiger partial charge in [0.25, 0.3) is 0 Å². The van der Waals surface area contributed by atoms with Crippen molar-refractivity contribution in [2.75, 3.05) is 5.32 Å². The minimum atomic E-state index is 0.983. The number of hydrogen-bond acceptors (Lipinski definition) is 1. The van der Waals surface area contributed by atoms with Crippen molar-refractivity contribution < 1.29 is 0 Å². The first-order chi connectivity index (χ1) is 8.36. The van der Waals surface area contributed by atoms with Gasteiger partial charge in [-0.3, -0.25) is 0 Å². The molecule has 0 aromatic heterocycles. The van der Waals surface area contributed by atoms with Crippen molar-refractivity contribution in [3.8, 4) is 0 Å². The zero-order valence-corrected chi connectivity index (χ0v) is 10.7. The molecule has 1 heteroatoms. The molecule has 0 aliphatic carbocycles. The van der Waals surface area contributed by atoms with Crippen LogP contribution in [-0.4, -0.2) is 0 Å². The molecule has 0 atom stereocenters. The highest BCUT2D eigenvalue weighted by Gasteiger charge is 1.91. The van der Waals surface area contributed by atoms with Crippen LogP contribution in [0.1, 0.15) is 13.8 Å². The summed E-state index contributed by atoms with van der Waals surface area (Å²) in [7, 11) is 0. The number of allylic oxidation sites excluding steroid dienone is 5. The van der Waals surface area contributed by atoms with Crippen LogP contribution >= 0.6 is 0 Å². The third kappa shape index (κ3) is 6.96. The quantitative estimate of drug-likeness (QED) is 0.703. The Bertz CT molecular complexity index is 372. The highest BCUT2D eigenvalue weighted by molar-refractivity contribution is 5.51. The predicted octanol–water partition coefficient (Wildman–Crippen LogP) is 4.94. The maximum atomic E-state index is 3.67. The SMILES string of the molecule is C=C/C=C\C(=C/C=C)Nc1ccccc1.CC. The van der Waals surface area contributed by atoms with E-state index in [1.807, 2.05) is 62.4 Å². The molecule has 1 rings (SSSR count). The van der Waals surface area contributed by atoms with Gasteiger partial charge < -0.3 is 5.32 Å². The van der Waals surface area contributed by atoms with Gasteiger partial charge in [-0.15, -0.1) is 0 Å². The highest BCUT2D eigenvalue weighted by atomic mass is 14.9. The molecule has 0 bridgehead atoms. The molecule has 1 N–H and O–H groups in total. The molecule has 17 heavy (non-hydrogen) atoms. The zero-order chi connectivity index (χ0) is 12.9. The van der Waals surface area contributed by atoms with Crippen LogP contribution in [0.4, 0.5) is 5.69 Å². The third-order valence-electron chi connectivity index (χ3n) is 1.77. The minimum absolute atomic E-state index is 0.983. The van der Waals surface area contributed by atoms with Gasteiger partial charge in [-0.2, -0.15) is 0 Å². The lowest BCUT2D eigenvalue weighted by Gasteiger charge is -2.05. The van der Waals surface area contributed by atoms with E-state index in [9.17, 15) is 0 Å². The highest BCUT2D eigenvalue weighted by Crippen LogP contribution is 2.09. The lowest BCUT2D eigenvalue weighted by atomic mass is 10.3. The smallest absolute Gasteiger partial charge is 0.0384 e. The van der Waals surface area contributed by atoms with Gasteiger partial charge in [0, 0.05) is 11.4 Å². The summed E-state index contributed by atoms with van der Waals surface area (Å²) in [4.78, 5) is 0. The Balaban J connectivity index is 0.00000121. The molecule has 0 radical (unpaired) electrons. The van der Waals surface area contributed by atoms with Crippen molar-refractivity contribution in [1.29, 1.82) is 0 Å². The summed E-state index contributed by atoms with van der Waals surface area (Å²) in [5, 5.41) is 3.27. The average Bonchev–Trinajstić information content (AvgIpc) is 2.40. The van der Waals surface area contributed by atoms with E-state index in [4.69, 9.17) is 0 Å². The molecule has 1 aromatic carbocycles. The second kappa shape index (κ2) is 10.5. The third-order valence-corrected chi connectivity index (χ3v) is 1.77. The van der Waals surface area contributed by atoms with Crippen LogP contribution in [0.2, 0.25) is 0 Å². The van der Waals surface area contributed by atoms with Crippen LogP contribution in [0, 0.1) is 0 Å². The van der Waals surface area contributed by atoms with Gasteiger partial charge in [0.1, 0.15) is 0 Å². The predicted molar refractivity (Wildman–Crippen MR) is 79.0 cm³/mol. The largest absolute Gasteiger partial charge is 0.356 e. The van der Waals surface area contributed by atoms with Gasteiger partial charge in [-0.1, -0.05) is 63.4 Å². The summed E-state index contributed by atoms with van der Waals surface area (Å²) in [5.74, 6) is 0. The van der Waals surface area contributed by atoms with Crippen LogP contribution < -0.4 is 5.32 Å². The summed E-state index contributed by atoms with van der Waals surface area (Å²) in [6.07, 6.45) is 9.22. The van der Waals surface area contributed by atoms with Gasteiger partial charge in [0.05, 0.1) is 0 Å². The van der Waals surface area contributed by atoms with Gasteiger partial charge in [0.2, 0.25) is 0 Å². The molecular weight excluding hydrogens is 206 g/mol. The van der Waals surface area contributed by atoms with E-state index < -0.39 is 0 Å². The second-order valence-corrected chi connectivity index (χ2v) is 2.94. The molecule has 0 amide bonds. The molecular formula is C16H21N. The minimum Gasteiger partial charge on any atom is -0.356 e. The van der Waals surface area contributed by atoms with Gasteiger partial charge in [0.15, 0.2) is 0 Å². The van der Waals surface area contributed by atoms with Crippen LogP contribution in [0.25, 0.3) is 0 Å². The molecule has 1 nitrogen and oxygen atoms in total. The second-order valence-electron chi connectivity index (χ2n) is 2.94. The van der Waals surface area contributed by atoms with E-state index in [-0.39, 0.29) is 0 Å². The first kappa shape index (κ1) is 15.0. The van der Waals surface area contributed by atoms with Crippen LogP contribution in [0.5, 0.6) is 0 Å². The van der Waals surface area contributed by atoms with Crippen molar-refractivity contribution >= 4 is 5.69 Å². The van der Waals surface area contributed by atoms with E-state index in [2.05, 4.69) is 18.5 Å². The first-order valence-corrected chi connectivity index (χ1v) is 5.80. The van der Waals surface area contributed by atoms with E-state index in [0.29, 0.717) is 0 Å². The number of nitrogens with one attached hydrogen (secondary N) is 1. The summed E-state index contributed by atoms with van der Waals surface area (Å²) in [6.45, 7) is 11.3. The maximum absolute atomic E-state index is 3.67. The van der Waals surface area contributed by atoms with Crippen molar-refractivity contribution in [2.24, 2.45) is 0 Å². The number of hydrogen-bond donors (Lipinski definition) is 1. The molecule has 0 saturated carbocycles. The van der Waals surface area contributed by atoms with E-state index >= 15 is 0 Å². The molecule has 0 saturated heterocycles. The fraction of sp³-hybridized carbons (Fsp3) is 0.125. The zero-order valence-electron chi connectivity index (χ0n) is 10.7. The average molecular weight is 227 g/mol.